The maximum absolute atomic E-state index is 2.49. The first-order valence-corrected chi connectivity index (χ1v) is 19.5. The zero-order valence-electron chi connectivity index (χ0n) is 33.0. The molecule has 0 heterocycles. The minimum absolute atomic E-state index is 0.124. The monoisotopic (exact) mass is 738 g/mol. The van der Waals surface area contributed by atoms with Crippen molar-refractivity contribution in [2.45, 2.75) is 118 Å². The molecular formula is C49H60Zr. The van der Waals surface area contributed by atoms with Crippen molar-refractivity contribution in [1.29, 1.82) is 0 Å². The largest absolute Gasteiger partial charge is 0.214 e. The van der Waals surface area contributed by atoms with Crippen LogP contribution in [-0.2, 0) is 58.7 Å². The average molecular weight is 740 g/mol. The first-order chi connectivity index (χ1) is 23.2. The Labute approximate surface area is 319 Å². The Balaban J connectivity index is 0.000000221. The van der Waals surface area contributed by atoms with E-state index in [1.165, 1.54) is 54.9 Å². The van der Waals surface area contributed by atoms with E-state index in [4.69, 9.17) is 0 Å². The molecule has 0 aromatic heterocycles. The average Bonchev–Trinajstić information content (AvgIpc) is 3.71. The van der Waals surface area contributed by atoms with Gasteiger partial charge in [-0.05, 0) is 21.7 Å². The molecule has 0 nitrogen and oxygen atoms in total. The van der Waals surface area contributed by atoms with Gasteiger partial charge in [0.2, 0.25) is 0 Å². The van der Waals surface area contributed by atoms with E-state index in [0.29, 0.717) is 0 Å². The van der Waals surface area contributed by atoms with E-state index in [9.17, 15) is 0 Å². The summed E-state index contributed by atoms with van der Waals surface area (Å²) in [5.74, 6) is 0. The van der Waals surface area contributed by atoms with Gasteiger partial charge in [-0.3, -0.25) is 0 Å². The second-order valence-corrected chi connectivity index (χ2v) is 19.7. The molecule has 0 unspecified atom stereocenters. The van der Waals surface area contributed by atoms with Crippen LogP contribution in [0.25, 0.3) is 21.5 Å². The molecule has 0 aliphatic heterocycles. The molecule has 0 amide bonds. The number of hydrogen-bond acceptors (Lipinski definition) is 0. The van der Waals surface area contributed by atoms with E-state index in [2.05, 4.69) is 174 Å². The molecule has 0 spiro atoms. The van der Waals surface area contributed by atoms with Crippen LogP contribution in [0.1, 0.15) is 116 Å². The molecule has 0 atom stereocenters. The Morgan fingerprint density at radius 3 is 1.06 bits per heavy atom. The van der Waals surface area contributed by atoms with E-state index in [1.807, 2.05) is 30.3 Å². The van der Waals surface area contributed by atoms with Crippen molar-refractivity contribution in [1.82, 2.24) is 0 Å². The number of benzene rings is 4. The van der Waals surface area contributed by atoms with Gasteiger partial charge in [-0.25, -0.2) is 12.1 Å². The summed E-state index contributed by atoms with van der Waals surface area (Å²) in [5, 5.41) is 5.57. The summed E-state index contributed by atoms with van der Waals surface area (Å²) in [5.41, 5.74) is 9.25. The van der Waals surface area contributed by atoms with Crippen molar-refractivity contribution in [3.8, 4) is 0 Å². The van der Waals surface area contributed by atoms with Crippen LogP contribution in [-0.4, -0.2) is 3.21 Å². The summed E-state index contributed by atoms with van der Waals surface area (Å²) < 4.78 is 1.60. The topological polar surface area (TPSA) is 0 Å². The molecule has 0 fully saturated rings. The Morgan fingerprint density at radius 1 is 0.460 bits per heavy atom. The van der Waals surface area contributed by atoms with Gasteiger partial charge in [0.25, 0.3) is 0 Å². The SMILES string of the molecule is CC(C)(C)c1cc2[cH-]c3cc(C(C)(C)C)c(C(C)(C)C)cc3c2cc1C(C)(C)C.[Zr+2]=[C](Cc1ccccc1)Cc1ccccc1.c1cc[cH-]c1. The first kappa shape index (κ1) is 39.6. The van der Waals surface area contributed by atoms with Gasteiger partial charge in [-0.1, -0.05) is 117 Å². The summed E-state index contributed by atoms with van der Waals surface area (Å²) >= 11 is 1.55. The Morgan fingerprint density at radius 2 is 0.780 bits per heavy atom. The summed E-state index contributed by atoms with van der Waals surface area (Å²) in [6.07, 6.45) is 2.24. The van der Waals surface area contributed by atoms with Crippen molar-refractivity contribution in [2.24, 2.45) is 0 Å². The van der Waals surface area contributed by atoms with Gasteiger partial charge in [0, 0.05) is 0 Å². The van der Waals surface area contributed by atoms with Gasteiger partial charge in [-0.15, -0.1) is 39.7 Å². The van der Waals surface area contributed by atoms with Crippen LogP contribution in [0.15, 0.2) is 121 Å². The molecule has 0 aliphatic rings. The van der Waals surface area contributed by atoms with Crippen molar-refractivity contribution >= 4 is 24.8 Å². The van der Waals surface area contributed by atoms with Crippen molar-refractivity contribution < 1.29 is 24.2 Å². The maximum Gasteiger partial charge on any atom is -0.172 e. The molecule has 0 bridgehead atoms. The summed E-state index contributed by atoms with van der Waals surface area (Å²) in [4.78, 5) is 0. The van der Waals surface area contributed by atoms with Gasteiger partial charge >= 0.3 is 112 Å². The van der Waals surface area contributed by atoms with Crippen molar-refractivity contribution in [3.05, 3.63) is 155 Å². The molecule has 6 rings (SSSR count). The van der Waals surface area contributed by atoms with Crippen LogP contribution in [0.4, 0.5) is 0 Å². The normalized spacial score (nSPS) is 12.3. The van der Waals surface area contributed by atoms with Crippen molar-refractivity contribution in [2.75, 3.05) is 0 Å². The smallest absolute Gasteiger partial charge is 0.172 e. The number of hydrogen-bond donors (Lipinski definition) is 0. The molecule has 260 valence electrons. The standard InChI is InChI=1S/C29H41.C15H14.C5H5.Zr/c1-26(2,3)22-14-18-13-19-15-23(27(4,5)6)25(29(10,11)12)17-21(19)20(18)16-24(22)28(7,8)9;1-3-8-14(9-4-1)12-7-13-15-10-5-2-6-11-15;1-2-4-5-3-1;/h13-17H,1-12H3;1-6,8-11H,12-13H2;1-5H;/q-1;;-1;+2. The van der Waals surface area contributed by atoms with E-state index < -0.39 is 0 Å². The van der Waals surface area contributed by atoms with Crippen LogP contribution >= 0.6 is 0 Å². The first-order valence-electron chi connectivity index (χ1n) is 18.3. The predicted molar refractivity (Wildman–Crippen MR) is 219 cm³/mol. The van der Waals surface area contributed by atoms with E-state index in [1.54, 1.807) is 27.4 Å². The van der Waals surface area contributed by atoms with Crippen LogP contribution in [0, 0.1) is 0 Å². The Hall–Kier alpha value is -3.15. The third-order valence-corrected chi connectivity index (χ3v) is 10.2. The van der Waals surface area contributed by atoms with Crippen LogP contribution in [0.5, 0.6) is 0 Å². The molecule has 0 saturated carbocycles. The number of fused-ring (bicyclic) bond motifs is 3. The van der Waals surface area contributed by atoms with Gasteiger partial charge < -0.3 is 0 Å². The van der Waals surface area contributed by atoms with Gasteiger partial charge in [0.05, 0.1) is 0 Å². The number of rotatable bonds is 4. The van der Waals surface area contributed by atoms with Gasteiger partial charge in [0.15, 0.2) is 0 Å². The second kappa shape index (κ2) is 16.0. The summed E-state index contributed by atoms with van der Waals surface area (Å²) in [7, 11) is 0. The van der Waals surface area contributed by atoms with Crippen LogP contribution < -0.4 is 0 Å². The molecule has 6 aromatic carbocycles. The Bertz CT molecular complexity index is 1810. The summed E-state index contributed by atoms with van der Waals surface area (Å²) in [6, 6.07) is 43.7. The fourth-order valence-corrected chi connectivity index (χ4v) is 7.66. The molecule has 0 N–H and O–H groups in total. The van der Waals surface area contributed by atoms with Gasteiger partial charge in [-0.2, -0.15) is 18.2 Å². The zero-order valence-corrected chi connectivity index (χ0v) is 35.4. The minimum Gasteiger partial charge on any atom is -0.214 e. The Kier molecular flexibility index (Phi) is 12.7. The fourth-order valence-electron chi connectivity index (χ4n) is 6.66. The summed E-state index contributed by atoms with van der Waals surface area (Å²) in [6.45, 7) is 28.0. The van der Waals surface area contributed by atoms with Crippen molar-refractivity contribution in [3.63, 3.8) is 0 Å². The molecular weight excluding hydrogens is 680 g/mol. The maximum atomic E-state index is 2.49. The van der Waals surface area contributed by atoms with Crippen LogP contribution in [0.2, 0.25) is 0 Å². The van der Waals surface area contributed by atoms with Crippen LogP contribution in [0.3, 0.4) is 0 Å². The zero-order chi connectivity index (χ0) is 36.9. The molecule has 1 heteroatoms. The minimum atomic E-state index is 0.124. The van der Waals surface area contributed by atoms with E-state index in [-0.39, 0.29) is 21.7 Å². The predicted octanol–water partition coefficient (Wildman–Crippen LogP) is 13.5. The second-order valence-electron chi connectivity index (χ2n) is 18.0. The quantitative estimate of drug-likeness (QED) is 0.158. The molecule has 6 aromatic rings. The molecule has 0 radical (unpaired) electrons. The molecule has 0 aliphatic carbocycles. The molecule has 50 heavy (non-hydrogen) atoms. The third kappa shape index (κ3) is 10.7. The van der Waals surface area contributed by atoms with E-state index >= 15 is 0 Å². The van der Waals surface area contributed by atoms with E-state index in [0.717, 1.165) is 12.8 Å². The van der Waals surface area contributed by atoms with Gasteiger partial charge in [0.1, 0.15) is 0 Å². The third-order valence-electron chi connectivity index (χ3n) is 9.29. The fraction of sp³-hybridized carbons (Fsp3) is 0.367. The molecule has 0 saturated heterocycles.